The molecule has 1 aromatic rings. The molecule has 7 heteroatoms. The summed E-state index contributed by atoms with van der Waals surface area (Å²) in [5, 5.41) is 10.0. The molecule has 1 rings (SSSR count). The van der Waals surface area contributed by atoms with Crippen molar-refractivity contribution in [2.75, 3.05) is 24.2 Å². The number of carbonyl (C=O) groups is 3. The highest BCUT2D eigenvalue weighted by Gasteiger charge is 2.08. The lowest BCUT2D eigenvalue weighted by atomic mass is 10.1. The van der Waals surface area contributed by atoms with E-state index in [1.54, 1.807) is 18.2 Å². The number of imide groups is 1. The molecule has 0 bridgehead atoms. The van der Waals surface area contributed by atoms with Crippen molar-refractivity contribution in [3.8, 4) is 0 Å². The zero-order valence-electron chi connectivity index (χ0n) is 11.7. The molecule has 0 aromatic heterocycles. The second-order valence-corrected chi connectivity index (χ2v) is 4.14. The molecule has 0 saturated carbocycles. The number of nitrogens with one attached hydrogen (secondary N) is 4. The van der Waals surface area contributed by atoms with Crippen LogP contribution in [0.25, 0.3) is 0 Å². The second kappa shape index (κ2) is 7.13. The van der Waals surface area contributed by atoms with Gasteiger partial charge in [-0.25, -0.2) is 4.79 Å². The van der Waals surface area contributed by atoms with Gasteiger partial charge in [0, 0.05) is 25.3 Å². The number of urea groups is 1. The van der Waals surface area contributed by atoms with Crippen LogP contribution in [-0.4, -0.2) is 31.4 Å². The molecule has 0 heterocycles. The van der Waals surface area contributed by atoms with Crippen molar-refractivity contribution in [1.82, 2.24) is 10.6 Å². The first-order valence-corrected chi connectivity index (χ1v) is 6.06. The Hall–Kier alpha value is -2.57. The lowest BCUT2D eigenvalue weighted by Crippen LogP contribution is -2.40. The molecule has 7 nitrogen and oxygen atoms in total. The fraction of sp³-hybridized carbons (Fsp3) is 0.308. The summed E-state index contributed by atoms with van der Waals surface area (Å²) >= 11 is 0. The van der Waals surface area contributed by atoms with E-state index < -0.39 is 11.9 Å². The standard InChI is InChI=1S/C13H18N4O3/c1-8-10(5-4-6-11(8)16-9(2)18)15-7-12(19)17-13(20)14-3/h4-6,15H,7H2,1-3H3,(H,16,18)(H2,14,17,19,20). The summed E-state index contributed by atoms with van der Waals surface area (Å²) in [6.07, 6.45) is 0. The molecule has 20 heavy (non-hydrogen) atoms. The molecule has 0 fully saturated rings. The Morgan fingerprint density at radius 3 is 2.40 bits per heavy atom. The Balaban J connectivity index is 2.66. The van der Waals surface area contributed by atoms with Crippen LogP contribution >= 0.6 is 0 Å². The van der Waals surface area contributed by atoms with E-state index in [0.717, 1.165) is 5.56 Å². The first-order valence-electron chi connectivity index (χ1n) is 6.06. The van der Waals surface area contributed by atoms with Gasteiger partial charge < -0.3 is 16.0 Å². The lowest BCUT2D eigenvalue weighted by molar-refractivity contribution is -0.118. The molecule has 4 N–H and O–H groups in total. The quantitative estimate of drug-likeness (QED) is 0.655. The van der Waals surface area contributed by atoms with Crippen LogP contribution in [-0.2, 0) is 9.59 Å². The number of hydrogen-bond donors (Lipinski definition) is 4. The van der Waals surface area contributed by atoms with Gasteiger partial charge in [0.1, 0.15) is 0 Å². The number of amides is 4. The van der Waals surface area contributed by atoms with Gasteiger partial charge in [-0.3, -0.25) is 14.9 Å². The Bertz CT molecular complexity index is 528. The largest absolute Gasteiger partial charge is 0.376 e. The molecule has 1 aromatic carbocycles. The Kier molecular flexibility index (Phi) is 5.52. The van der Waals surface area contributed by atoms with E-state index in [1.165, 1.54) is 14.0 Å². The van der Waals surface area contributed by atoms with Crippen LogP contribution in [0.15, 0.2) is 18.2 Å². The molecule has 0 radical (unpaired) electrons. The molecular weight excluding hydrogens is 260 g/mol. The average Bonchev–Trinajstić information content (AvgIpc) is 2.39. The van der Waals surface area contributed by atoms with E-state index in [-0.39, 0.29) is 12.5 Å². The van der Waals surface area contributed by atoms with E-state index in [9.17, 15) is 14.4 Å². The van der Waals surface area contributed by atoms with Gasteiger partial charge in [-0.15, -0.1) is 0 Å². The number of hydrogen-bond acceptors (Lipinski definition) is 4. The summed E-state index contributed by atoms with van der Waals surface area (Å²) in [5.74, 6) is -0.615. The number of rotatable bonds is 4. The maximum absolute atomic E-state index is 11.5. The molecule has 0 spiro atoms. The lowest BCUT2D eigenvalue weighted by Gasteiger charge is -2.13. The summed E-state index contributed by atoms with van der Waals surface area (Å²) < 4.78 is 0. The van der Waals surface area contributed by atoms with Crippen molar-refractivity contribution in [1.29, 1.82) is 0 Å². The number of carbonyl (C=O) groups excluding carboxylic acids is 3. The predicted molar refractivity (Wildman–Crippen MR) is 76.6 cm³/mol. The fourth-order valence-electron chi connectivity index (χ4n) is 1.56. The molecule has 0 atom stereocenters. The van der Waals surface area contributed by atoms with Crippen molar-refractivity contribution >= 4 is 29.2 Å². The zero-order chi connectivity index (χ0) is 15.1. The van der Waals surface area contributed by atoms with E-state index in [0.29, 0.717) is 11.4 Å². The highest BCUT2D eigenvalue weighted by molar-refractivity contribution is 5.96. The van der Waals surface area contributed by atoms with Crippen LogP contribution in [0, 0.1) is 6.92 Å². The van der Waals surface area contributed by atoms with Gasteiger partial charge in [0.15, 0.2) is 0 Å². The van der Waals surface area contributed by atoms with E-state index in [2.05, 4.69) is 21.3 Å². The van der Waals surface area contributed by atoms with Crippen LogP contribution in [0.1, 0.15) is 12.5 Å². The topological polar surface area (TPSA) is 99.3 Å². The normalized spacial score (nSPS) is 9.55. The van der Waals surface area contributed by atoms with Gasteiger partial charge in [-0.1, -0.05) is 6.07 Å². The van der Waals surface area contributed by atoms with Crippen molar-refractivity contribution < 1.29 is 14.4 Å². The monoisotopic (exact) mass is 278 g/mol. The maximum Gasteiger partial charge on any atom is 0.321 e. The summed E-state index contributed by atoms with van der Waals surface area (Å²) in [6, 6.07) is 4.76. The van der Waals surface area contributed by atoms with Crippen molar-refractivity contribution in [3.63, 3.8) is 0 Å². The smallest absolute Gasteiger partial charge is 0.321 e. The Labute approximate surface area is 117 Å². The molecule has 0 unspecified atom stereocenters. The van der Waals surface area contributed by atoms with Crippen molar-refractivity contribution in [2.24, 2.45) is 0 Å². The van der Waals surface area contributed by atoms with E-state index in [1.807, 2.05) is 6.92 Å². The SMILES string of the molecule is CNC(=O)NC(=O)CNc1cccc(NC(C)=O)c1C. The van der Waals surface area contributed by atoms with Gasteiger partial charge in [-0.05, 0) is 24.6 Å². The van der Waals surface area contributed by atoms with E-state index >= 15 is 0 Å². The fourth-order valence-corrected chi connectivity index (χ4v) is 1.56. The van der Waals surface area contributed by atoms with Crippen molar-refractivity contribution in [3.05, 3.63) is 23.8 Å². The summed E-state index contributed by atoms with van der Waals surface area (Å²) in [5.41, 5.74) is 2.20. The number of anilines is 2. The highest BCUT2D eigenvalue weighted by atomic mass is 16.2. The average molecular weight is 278 g/mol. The zero-order valence-corrected chi connectivity index (χ0v) is 11.7. The first-order chi connectivity index (χ1) is 9.43. The first kappa shape index (κ1) is 15.5. The summed E-state index contributed by atoms with van der Waals surface area (Å²) in [7, 11) is 1.43. The molecule has 108 valence electrons. The summed E-state index contributed by atoms with van der Waals surface area (Å²) in [4.78, 5) is 33.5. The minimum atomic E-state index is -0.555. The van der Waals surface area contributed by atoms with Crippen LogP contribution < -0.4 is 21.3 Å². The third-order valence-corrected chi connectivity index (χ3v) is 2.56. The summed E-state index contributed by atoms with van der Waals surface area (Å²) in [6.45, 7) is 3.21. The van der Waals surface area contributed by atoms with Crippen LogP contribution in [0.4, 0.5) is 16.2 Å². The molecule has 0 aliphatic carbocycles. The van der Waals surface area contributed by atoms with Gasteiger partial charge in [0.2, 0.25) is 11.8 Å². The van der Waals surface area contributed by atoms with E-state index in [4.69, 9.17) is 0 Å². The third-order valence-electron chi connectivity index (χ3n) is 2.56. The Morgan fingerprint density at radius 2 is 1.80 bits per heavy atom. The maximum atomic E-state index is 11.5. The molecule has 0 aliphatic heterocycles. The minimum absolute atomic E-state index is 0.0439. The molecule has 0 saturated heterocycles. The molecule has 4 amide bonds. The molecule has 0 aliphatic rings. The number of benzene rings is 1. The second-order valence-electron chi connectivity index (χ2n) is 4.14. The van der Waals surface area contributed by atoms with Crippen LogP contribution in [0.5, 0.6) is 0 Å². The van der Waals surface area contributed by atoms with Crippen molar-refractivity contribution in [2.45, 2.75) is 13.8 Å². The van der Waals surface area contributed by atoms with Gasteiger partial charge in [0.05, 0.1) is 6.54 Å². The third kappa shape index (κ3) is 4.60. The van der Waals surface area contributed by atoms with Gasteiger partial charge >= 0.3 is 6.03 Å². The van der Waals surface area contributed by atoms with Crippen LogP contribution in [0.3, 0.4) is 0 Å². The Morgan fingerprint density at radius 1 is 1.15 bits per heavy atom. The molecular formula is C13H18N4O3. The minimum Gasteiger partial charge on any atom is -0.376 e. The van der Waals surface area contributed by atoms with Gasteiger partial charge in [0.25, 0.3) is 0 Å². The van der Waals surface area contributed by atoms with Gasteiger partial charge in [-0.2, -0.15) is 0 Å². The highest BCUT2D eigenvalue weighted by Crippen LogP contribution is 2.22. The predicted octanol–water partition coefficient (Wildman–Crippen LogP) is 0.821. The van der Waals surface area contributed by atoms with Crippen LogP contribution in [0.2, 0.25) is 0 Å².